The summed E-state index contributed by atoms with van der Waals surface area (Å²) in [5.41, 5.74) is 2.23. The van der Waals surface area contributed by atoms with Crippen molar-refractivity contribution in [1.82, 2.24) is 9.55 Å². The van der Waals surface area contributed by atoms with E-state index in [-0.39, 0.29) is 0 Å². The maximum Gasteiger partial charge on any atom is 0.121 e. The van der Waals surface area contributed by atoms with Crippen LogP contribution in [0.15, 0.2) is 24.3 Å². The molecular formula is C14H15ClN2. The minimum absolute atomic E-state index is 0.594. The number of fused-ring (bicyclic) bond motifs is 1. The van der Waals surface area contributed by atoms with Crippen LogP contribution in [0.25, 0.3) is 11.0 Å². The molecule has 0 fully saturated rings. The van der Waals surface area contributed by atoms with Gasteiger partial charge in [-0.15, -0.1) is 17.5 Å². The first-order valence-electron chi connectivity index (χ1n) is 5.82. The molecule has 1 heterocycles. The molecule has 0 unspecified atom stereocenters. The highest BCUT2D eigenvalue weighted by atomic mass is 35.5. The molecule has 0 aliphatic carbocycles. The van der Waals surface area contributed by atoms with Crippen molar-refractivity contribution < 1.29 is 0 Å². The van der Waals surface area contributed by atoms with Gasteiger partial charge in [0.1, 0.15) is 5.82 Å². The fraction of sp³-hybridized carbons (Fsp3) is 0.357. The first kappa shape index (κ1) is 12.0. The number of rotatable bonds is 3. The van der Waals surface area contributed by atoms with Crippen molar-refractivity contribution >= 4 is 22.6 Å². The molecule has 0 aliphatic rings. The van der Waals surface area contributed by atoms with Gasteiger partial charge in [0.2, 0.25) is 0 Å². The van der Waals surface area contributed by atoms with Gasteiger partial charge in [0.05, 0.1) is 17.5 Å². The van der Waals surface area contributed by atoms with E-state index in [1.165, 1.54) is 5.52 Å². The molecule has 0 spiro atoms. The molecular weight excluding hydrogens is 232 g/mol. The molecule has 0 N–H and O–H groups in total. The van der Waals surface area contributed by atoms with Crippen molar-refractivity contribution in [3.8, 4) is 11.8 Å². The highest BCUT2D eigenvalue weighted by molar-refractivity contribution is 6.18. The number of benzene rings is 1. The fourth-order valence-electron chi connectivity index (χ4n) is 1.89. The molecule has 88 valence electrons. The topological polar surface area (TPSA) is 17.8 Å². The SMILES string of the molecule is CCn1c(CC#CCCCl)nc2ccccc21. The van der Waals surface area contributed by atoms with Crippen LogP contribution >= 0.6 is 11.6 Å². The summed E-state index contributed by atoms with van der Waals surface area (Å²) in [6, 6.07) is 8.19. The van der Waals surface area contributed by atoms with E-state index in [4.69, 9.17) is 11.6 Å². The van der Waals surface area contributed by atoms with Gasteiger partial charge in [0, 0.05) is 18.8 Å². The Morgan fingerprint density at radius 2 is 2.12 bits per heavy atom. The molecule has 0 amide bonds. The van der Waals surface area contributed by atoms with E-state index >= 15 is 0 Å². The zero-order chi connectivity index (χ0) is 12.1. The molecule has 0 aliphatic heterocycles. The van der Waals surface area contributed by atoms with Crippen molar-refractivity contribution in [2.24, 2.45) is 0 Å². The second-order valence-electron chi connectivity index (χ2n) is 3.73. The van der Waals surface area contributed by atoms with Crippen LogP contribution in [0.2, 0.25) is 0 Å². The van der Waals surface area contributed by atoms with Gasteiger partial charge in [0.25, 0.3) is 0 Å². The number of nitrogens with zero attached hydrogens (tertiary/aromatic N) is 2. The summed E-state index contributed by atoms with van der Waals surface area (Å²) in [7, 11) is 0. The average Bonchev–Trinajstić information content (AvgIpc) is 2.72. The Kier molecular flexibility index (Phi) is 4.06. The van der Waals surface area contributed by atoms with Crippen molar-refractivity contribution in [2.75, 3.05) is 5.88 Å². The van der Waals surface area contributed by atoms with Gasteiger partial charge in [0.15, 0.2) is 0 Å². The molecule has 17 heavy (non-hydrogen) atoms. The Balaban J connectivity index is 2.31. The third-order valence-electron chi connectivity index (χ3n) is 2.64. The first-order chi connectivity index (χ1) is 8.36. The molecule has 3 heteroatoms. The lowest BCUT2D eigenvalue weighted by atomic mass is 10.3. The van der Waals surface area contributed by atoms with Crippen molar-refractivity contribution in [1.29, 1.82) is 0 Å². The van der Waals surface area contributed by atoms with Gasteiger partial charge >= 0.3 is 0 Å². The highest BCUT2D eigenvalue weighted by Gasteiger charge is 2.06. The van der Waals surface area contributed by atoms with Crippen LogP contribution in [-0.2, 0) is 13.0 Å². The van der Waals surface area contributed by atoms with Crippen LogP contribution in [0.1, 0.15) is 19.2 Å². The van der Waals surface area contributed by atoms with E-state index in [2.05, 4.69) is 34.4 Å². The molecule has 2 aromatic rings. The molecule has 2 rings (SSSR count). The summed E-state index contributed by atoms with van der Waals surface area (Å²) in [4.78, 5) is 4.61. The minimum Gasteiger partial charge on any atom is -0.327 e. The molecule has 1 aromatic carbocycles. The van der Waals surface area contributed by atoms with E-state index in [9.17, 15) is 0 Å². The van der Waals surface area contributed by atoms with E-state index in [1.54, 1.807) is 0 Å². The average molecular weight is 247 g/mol. The molecule has 0 saturated carbocycles. The second kappa shape index (κ2) is 5.75. The van der Waals surface area contributed by atoms with Gasteiger partial charge in [-0.05, 0) is 19.1 Å². The molecule has 0 radical (unpaired) electrons. The quantitative estimate of drug-likeness (QED) is 0.601. The van der Waals surface area contributed by atoms with Crippen LogP contribution < -0.4 is 0 Å². The number of hydrogen-bond acceptors (Lipinski definition) is 1. The van der Waals surface area contributed by atoms with Crippen LogP contribution in [0.5, 0.6) is 0 Å². The largest absolute Gasteiger partial charge is 0.327 e. The molecule has 0 atom stereocenters. The number of imidazole rings is 1. The Hall–Kier alpha value is -1.46. The third kappa shape index (κ3) is 2.62. The summed E-state index contributed by atoms with van der Waals surface area (Å²) in [5, 5.41) is 0. The lowest BCUT2D eigenvalue weighted by molar-refractivity contribution is 0.741. The Morgan fingerprint density at radius 1 is 1.29 bits per heavy atom. The second-order valence-corrected chi connectivity index (χ2v) is 4.11. The predicted octanol–water partition coefficient (Wildman–Crippen LogP) is 3.23. The number of aryl methyl sites for hydroxylation is 1. The first-order valence-corrected chi connectivity index (χ1v) is 6.36. The van der Waals surface area contributed by atoms with Gasteiger partial charge in [-0.1, -0.05) is 18.1 Å². The zero-order valence-corrected chi connectivity index (χ0v) is 10.7. The normalized spacial score (nSPS) is 10.2. The number of aromatic nitrogens is 2. The summed E-state index contributed by atoms with van der Waals surface area (Å²) in [5.74, 6) is 7.80. The van der Waals surface area contributed by atoms with E-state index in [1.807, 2.05) is 18.2 Å². The summed E-state index contributed by atoms with van der Waals surface area (Å²) < 4.78 is 2.21. The Bertz CT molecular complexity index is 560. The van der Waals surface area contributed by atoms with Crippen LogP contribution in [0.3, 0.4) is 0 Å². The molecule has 1 aromatic heterocycles. The maximum atomic E-state index is 5.58. The van der Waals surface area contributed by atoms with E-state index < -0.39 is 0 Å². The molecule has 2 nitrogen and oxygen atoms in total. The van der Waals surface area contributed by atoms with E-state index in [0.29, 0.717) is 12.3 Å². The minimum atomic E-state index is 0.594. The lowest BCUT2D eigenvalue weighted by Crippen LogP contribution is -2.00. The lowest BCUT2D eigenvalue weighted by Gasteiger charge is -2.02. The van der Waals surface area contributed by atoms with Crippen LogP contribution in [0.4, 0.5) is 0 Å². The number of para-hydroxylation sites is 2. The third-order valence-corrected chi connectivity index (χ3v) is 2.83. The predicted molar refractivity (Wildman–Crippen MR) is 72.2 cm³/mol. The molecule has 0 bridgehead atoms. The Labute approximate surface area is 107 Å². The van der Waals surface area contributed by atoms with Crippen molar-refractivity contribution in [2.45, 2.75) is 26.3 Å². The smallest absolute Gasteiger partial charge is 0.121 e. The summed E-state index contributed by atoms with van der Waals surface area (Å²) in [6.45, 7) is 3.05. The molecule has 0 saturated heterocycles. The van der Waals surface area contributed by atoms with Crippen molar-refractivity contribution in [3.63, 3.8) is 0 Å². The summed E-state index contributed by atoms with van der Waals surface area (Å²) >= 11 is 5.58. The summed E-state index contributed by atoms with van der Waals surface area (Å²) in [6.07, 6.45) is 1.44. The van der Waals surface area contributed by atoms with Gasteiger partial charge in [-0.3, -0.25) is 0 Å². The number of halogens is 1. The van der Waals surface area contributed by atoms with E-state index in [0.717, 1.165) is 24.3 Å². The standard InChI is InChI=1S/C14H15ClN2/c1-2-17-13-9-6-5-8-12(13)16-14(17)10-4-3-7-11-15/h5-6,8-9H,2,7,10-11H2,1H3. The van der Waals surface area contributed by atoms with Crippen LogP contribution in [0, 0.1) is 11.8 Å². The van der Waals surface area contributed by atoms with Gasteiger partial charge < -0.3 is 4.57 Å². The van der Waals surface area contributed by atoms with Gasteiger partial charge in [-0.2, -0.15) is 0 Å². The number of alkyl halides is 1. The highest BCUT2D eigenvalue weighted by Crippen LogP contribution is 2.15. The van der Waals surface area contributed by atoms with Gasteiger partial charge in [-0.25, -0.2) is 4.98 Å². The maximum absolute atomic E-state index is 5.58. The fourth-order valence-corrected chi connectivity index (χ4v) is 1.98. The van der Waals surface area contributed by atoms with Crippen molar-refractivity contribution in [3.05, 3.63) is 30.1 Å². The van der Waals surface area contributed by atoms with Crippen LogP contribution in [-0.4, -0.2) is 15.4 Å². The Morgan fingerprint density at radius 3 is 2.88 bits per heavy atom. The zero-order valence-electron chi connectivity index (χ0n) is 9.91. The monoisotopic (exact) mass is 246 g/mol. The number of hydrogen-bond donors (Lipinski definition) is 0.